The van der Waals surface area contributed by atoms with Gasteiger partial charge in [0.2, 0.25) is 0 Å². The lowest BCUT2D eigenvalue weighted by Gasteiger charge is -2.33. The van der Waals surface area contributed by atoms with Crippen molar-refractivity contribution in [3.8, 4) is 5.75 Å². The Balaban J connectivity index is 1.78. The van der Waals surface area contributed by atoms with Crippen LogP contribution in [-0.4, -0.2) is 29.8 Å². The Bertz CT molecular complexity index is 1070. The molecular formula is C27H32N2O4. The highest BCUT2D eigenvalue weighted by atomic mass is 16.7. The zero-order valence-electron chi connectivity index (χ0n) is 19.9. The number of ether oxygens (including phenoxy) is 2. The van der Waals surface area contributed by atoms with Gasteiger partial charge in [0.05, 0.1) is 4.92 Å². The first-order valence-electron chi connectivity index (χ1n) is 11.2. The Hall–Kier alpha value is -3.38. The fraction of sp³-hybridized carbons (Fsp3) is 0.333. The molecule has 2 unspecified atom stereocenters. The number of allylic oxidation sites excluding steroid dienone is 5. The van der Waals surface area contributed by atoms with E-state index in [9.17, 15) is 10.1 Å². The first-order valence-corrected chi connectivity index (χ1v) is 11.2. The van der Waals surface area contributed by atoms with Crippen LogP contribution in [-0.2, 0) is 4.74 Å². The molecule has 0 radical (unpaired) electrons. The molecule has 0 amide bonds. The molecule has 174 valence electrons. The largest absolute Gasteiger partial charge is 0.465 e. The van der Waals surface area contributed by atoms with Gasteiger partial charge < -0.3 is 14.4 Å². The molecule has 2 aromatic carbocycles. The molecule has 0 aliphatic carbocycles. The topological polar surface area (TPSA) is 64.8 Å². The molecule has 0 bridgehead atoms. The molecule has 0 fully saturated rings. The van der Waals surface area contributed by atoms with Gasteiger partial charge in [-0.25, -0.2) is 0 Å². The first kappa shape index (κ1) is 24.3. The van der Waals surface area contributed by atoms with E-state index in [4.69, 9.17) is 9.47 Å². The molecule has 0 saturated heterocycles. The zero-order chi connectivity index (χ0) is 24.0. The molecule has 33 heavy (non-hydrogen) atoms. The molecule has 0 aromatic heterocycles. The number of non-ortho nitro benzene ring substituents is 1. The van der Waals surface area contributed by atoms with E-state index in [0.29, 0.717) is 6.61 Å². The van der Waals surface area contributed by atoms with Gasteiger partial charge in [-0.05, 0) is 62.9 Å². The van der Waals surface area contributed by atoms with Crippen molar-refractivity contribution in [2.24, 2.45) is 0 Å². The molecule has 2 aromatic rings. The van der Waals surface area contributed by atoms with Gasteiger partial charge >= 0.3 is 0 Å². The Kier molecular flexibility index (Phi) is 8.06. The fourth-order valence-electron chi connectivity index (χ4n) is 4.00. The summed E-state index contributed by atoms with van der Waals surface area (Å²) >= 11 is 0. The van der Waals surface area contributed by atoms with Crippen LogP contribution in [0.25, 0.3) is 6.08 Å². The number of nitrogens with zero attached hydrogens (tertiary/aromatic N) is 2. The van der Waals surface area contributed by atoms with Crippen LogP contribution in [0.15, 0.2) is 77.7 Å². The maximum atomic E-state index is 11.3. The second kappa shape index (κ2) is 11.0. The number of hydrogen-bond donors (Lipinski definition) is 0. The zero-order valence-corrected chi connectivity index (χ0v) is 19.9. The maximum Gasteiger partial charge on any atom is 0.269 e. The van der Waals surface area contributed by atoms with Gasteiger partial charge in [0.1, 0.15) is 5.75 Å². The number of rotatable bonds is 9. The molecule has 3 rings (SSSR count). The van der Waals surface area contributed by atoms with E-state index < -0.39 is 0 Å². The predicted octanol–water partition coefficient (Wildman–Crippen LogP) is 6.67. The third kappa shape index (κ3) is 6.11. The van der Waals surface area contributed by atoms with E-state index in [1.54, 1.807) is 12.1 Å². The summed E-state index contributed by atoms with van der Waals surface area (Å²) in [5.41, 5.74) is 5.66. The highest BCUT2D eigenvalue weighted by Crippen LogP contribution is 2.38. The van der Waals surface area contributed by atoms with Crippen LogP contribution in [0.5, 0.6) is 5.75 Å². The number of nitro groups is 1. The van der Waals surface area contributed by atoms with Gasteiger partial charge in [-0.2, -0.15) is 0 Å². The van der Waals surface area contributed by atoms with Crippen molar-refractivity contribution in [3.63, 3.8) is 0 Å². The van der Waals surface area contributed by atoms with Gasteiger partial charge in [-0.3, -0.25) is 10.1 Å². The Morgan fingerprint density at radius 1 is 1.18 bits per heavy atom. The molecule has 6 heteroatoms. The Morgan fingerprint density at radius 2 is 1.91 bits per heavy atom. The van der Waals surface area contributed by atoms with Gasteiger partial charge in [-0.15, -0.1) is 0 Å². The lowest BCUT2D eigenvalue weighted by Crippen LogP contribution is -2.22. The average molecular weight is 449 g/mol. The Labute approximate surface area is 196 Å². The number of nitro benzene ring substituents is 1. The molecular weight excluding hydrogens is 416 g/mol. The fourth-order valence-corrected chi connectivity index (χ4v) is 4.00. The summed E-state index contributed by atoms with van der Waals surface area (Å²) in [5.74, 6) is 0.772. The lowest BCUT2D eigenvalue weighted by atomic mass is 9.84. The minimum Gasteiger partial charge on any atom is -0.465 e. The lowest BCUT2D eigenvalue weighted by molar-refractivity contribution is -0.384. The van der Waals surface area contributed by atoms with Crippen LogP contribution in [0.4, 0.5) is 5.69 Å². The van der Waals surface area contributed by atoms with Gasteiger partial charge in [0, 0.05) is 43.1 Å². The summed E-state index contributed by atoms with van der Waals surface area (Å²) in [6.45, 7) is 8.60. The van der Waals surface area contributed by atoms with Crippen LogP contribution in [0.3, 0.4) is 0 Å². The van der Waals surface area contributed by atoms with Crippen molar-refractivity contribution in [3.05, 3.63) is 98.9 Å². The summed E-state index contributed by atoms with van der Waals surface area (Å²) in [6, 6.07) is 14.8. The summed E-state index contributed by atoms with van der Waals surface area (Å²) < 4.78 is 11.1. The van der Waals surface area contributed by atoms with Crippen molar-refractivity contribution in [2.45, 2.75) is 46.3 Å². The molecule has 6 nitrogen and oxygen atoms in total. The molecule has 0 saturated carbocycles. The van der Waals surface area contributed by atoms with Crippen molar-refractivity contribution in [2.75, 3.05) is 13.7 Å². The number of hydrogen-bond acceptors (Lipinski definition) is 5. The molecule has 0 spiro atoms. The van der Waals surface area contributed by atoms with Crippen molar-refractivity contribution in [1.82, 2.24) is 4.90 Å². The third-order valence-electron chi connectivity index (χ3n) is 5.95. The summed E-state index contributed by atoms with van der Waals surface area (Å²) in [4.78, 5) is 13.1. The van der Waals surface area contributed by atoms with Crippen molar-refractivity contribution < 1.29 is 14.4 Å². The highest BCUT2D eigenvalue weighted by Gasteiger charge is 2.24. The predicted molar refractivity (Wildman–Crippen MR) is 132 cm³/mol. The van der Waals surface area contributed by atoms with Crippen molar-refractivity contribution >= 4 is 11.8 Å². The van der Waals surface area contributed by atoms with Crippen LogP contribution < -0.4 is 4.74 Å². The van der Waals surface area contributed by atoms with E-state index >= 15 is 0 Å². The van der Waals surface area contributed by atoms with E-state index in [2.05, 4.69) is 44.0 Å². The number of benzene rings is 2. The van der Waals surface area contributed by atoms with Crippen LogP contribution in [0, 0.1) is 10.1 Å². The quantitative estimate of drug-likeness (QED) is 0.244. The van der Waals surface area contributed by atoms with E-state index in [1.807, 2.05) is 44.2 Å². The van der Waals surface area contributed by atoms with E-state index in [0.717, 1.165) is 29.0 Å². The molecule has 2 atom stereocenters. The second-order valence-electron chi connectivity index (χ2n) is 8.12. The highest BCUT2D eigenvalue weighted by molar-refractivity contribution is 5.52. The monoisotopic (exact) mass is 448 g/mol. The van der Waals surface area contributed by atoms with E-state index in [-0.39, 0.29) is 22.8 Å². The smallest absolute Gasteiger partial charge is 0.269 e. The normalized spacial score (nSPS) is 17.3. The van der Waals surface area contributed by atoms with E-state index in [1.165, 1.54) is 17.3 Å². The molecule has 0 N–H and O–H groups in total. The summed E-state index contributed by atoms with van der Waals surface area (Å²) in [6.07, 6.45) is 6.88. The summed E-state index contributed by atoms with van der Waals surface area (Å²) in [5, 5.41) is 11.3. The average Bonchev–Trinajstić information content (AvgIpc) is 2.80. The van der Waals surface area contributed by atoms with Gasteiger partial charge in [-0.1, -0.05) is 42.5 Å². The summed E-state index contributed by atoms with van der Waals surface area (Å²) in [7, 11) is 2.05. The SMILES string of the molecule is CCOC(C)Oc1ccc(C=CCC2=C(C)N(C)C(C)=CC2c2cccc([N+](=O)[O-])c2)cc1. The first-order chi connectivity index (χ1) is 15.8. The van der Waals surface area contributed by atoms with Crippen LogP contribution in [0.2, 0.25) is 0 Å². The molecule has 1 aliphatic heterocycles. The maximum absolute atomic E-state index is 11.3. The standard InChI is InChI=1S/C27H32N2O4/c1-6-32-21(4)33-25-15-13-22(14-16-25)9-7-12-26-20(3)28(5)19(2)17-27(26)23-10-8-11-24(18-23)29(30)31/h7-11,13-18,21,27H,6,12H2,1-5H3. The van der Waals surface area contributed by atoms with Crippen molar-refractivity contribution in [1.29, 1.82) is 0 Å². The minimum atomic E-state index is -0.340. The molecule has 1 aliphatic rings. The Morgan fingerprint density at radius 3 is 2.58 bits per heavy atom. The van der Waals surface area contributed by atoms with Gasteiger partial charge in [0.25, 0.3) is 5.69 Å². The van der Waals surface area contributed by atoms with Crippen LogP contribution in [0.1, 0.15) is 51.2 Å². The second-order valence-corrected chi connectivity index (χ2v) is 8.12. The van der Waals surface area contributed by atoms with Gasteiger partial charge in [0.15, 0.2) is 6.29 Å². The van der Waals surface area contributed by atoms with Crippen LogP contribution >= 0.6 is 0 Å². The molecule has 1 heterocycles. The third-order valence-corrected chi connectivity index (χ3v) is 5.95. The minimum absolute atomic E-state index is 0.00146.